The predicted octanol–water partition coefficient (Wildman–Crippen LogP) is 2.86. The number of halogens is 3. The van der Waals surface area contributed by atoms with Crippen molar-refractivity contribution in [3.8, 4) is 5.82 Å². The maximum atomic E-state index is 13.3. The van der Waals surface area contributed by atoms with Gasteiger partial charge in [0.1, 0.15) is 5.82 Å². The second-order valence-corrected chi connectivity index (χ2v) is 8.40. The zero-order valence-corrected chi connectivity index (χ0v) is 15.1. The lowest BCUT2D eigenvalue weighted by atomic mass is 10.2. The quantitative estimate of drug-likeness (QED) is 0.773. The van der Waals surface area contributed by atoms with Crippen LogP contribution >= 0.6 is 0 Å². The van der Waals surface area contributed by atoms with Crippen LogP contribution in [0, 0.1) is 0 Å². The maximum Gasteiger partial charge on any atom is 0.435 e. The first kappa shape index (κ1) is 19.3. The van der Waals surface area contributed by atoms with Gasteiger partial charge in [-0.2, -0.15) is 23.0 Å². The molecular weight excluding hydrogens is 385 g/mol. The Bertz CT molecular complexity index is 947. The Balaban J connectivity index is 2.12. The topological polar surface area (TPSA) is 94.0 Å². The maximum absolute atomic E-state index is 13.3. The van der Waals surface area contributed by atoms with Gasteiger partial charge in [0.05, 0.1) is 10.5 Å². The molecule has 1 aliphatic rings. The molecule has 0 unspecified atom stereocenters. The predicted molar refractivity (Wildman–Crippen MR) is 90.7 cm³/mol. The third-order valence-electron chi connectivity index (χ3n) is 4.37. The average molecular weight is 402 g/mol. The highest BCUT2D eigenvalue weighted by atomic mass is 32.2. The van der Waals surface area contributed by atoms with Crippen LogP contribution in [0.3, 0.4) is 0 Å². The molecular formula is C16H17F3N4O3S. The highest BCUT2D eigenvalue weighted by Gasteiger charge is 2.40. The molecule has 0 aliphatic heterocycles. The number of rotatable bonds is 5. The van der Waals surface area contributed by atoms with Gasteiger partial charge < -0.3 is 5.32 Å². The molecule has 7 nitrogen and oxygen atoms in total. The second kappa shape index (κ2) is 6.95. The number of hydrogen-bond donors (Lipinski definition) is 1. The Morgan fingerprint density at radius 2 is 1.93 bits per heavy atom. The Kier molecular flexibility index (Phi) is 4.98. The molecule has 0 saturated heterocycles. The van der Waals surface area contributed by atoms with Crippen molar-refractivity contribution in [2.24, 2.45) is 0 Å². The van der Waals surface area contributed by atoms with Gasteiger partial charge in [0.2, 0.25) is 0 Å². The molecule has 0 atom stereocenters. The van der Waals surface area contributed by atoms with E-state index < -0.39 is 27.3 Å². The number of sulfone groups is 1. The van der Waals surface area contributed by atoms with Gasteiger partial charge in [-0.3, -0.25) is 4.79 Å². The van der Waals surface area contributed by atoms with Crippen LogP contribution in [-0.4, -0.2) is 41.8 Å². The van der Waals surface area contributed by atoms with Crippen molar-refractivity contribution >= 4 is 21.9 Å². The fraction of sp³-hybridized carbons (Fsp3) is 0.438. The summed E-state index contributed by atoms with van der Waals surface area (Å²) in [5, 5.41) is 6.52. The van der Waals surface area contributed by atoms with E-state index in [9.17, 15) is 26.4 Å². The lowest BCUT2D eigenvalue weighted by Crippen LogP contribution is -2.19. The van der Waals surface area contributed by atoms with Crippen molar-refractivity contribution in [3.63, 3.8) is 0 Å². The van der Waals surface area contributed by atoms with Crippen LogP contribution in [0.1, 0.15) is 41.7 Å². The zero-order valence-electron chi connectivity index (χ0n) is 14.3. The summed E-state index contributed by atoms with van der Waals surface area (Å²) in [6.45, 7) is 0. The minimum Gasteiger partial charge on any atom is -0.367 e. The van der Waals surface area contributed by atoms with E-state index in [4.69, 9.17) is 0 Å². The number of hydrogen-bond acceptors (Lipinski definition) is 6. The van der Waals surface area contributed by atoms with E-state index in [2.05, 4.69) is 15.4 Å². The molecule has 3 rings (SSSR count). The van der Waals surface area contributed by atoms with Crippen molar-refractivity contribution in [1.82, 2.24) is 14.8 Å². The third-order valence-corrected chi connectivity index (χ3v) is 5.47. The Morgan fingerprint density at radius 1 is 1.26 bits per heavy atom. The van der Waals surface area contributed by atoms with E-state index >= 15 is 0 Å². The summed E-state index contributed by atoms with van der Waals surface area (Å²) in [6, 6.07) is 2.40. The number of carbonyl (C=O) groups excluding carboxylic acids is 1. The van der Waals surface area contributed by atoms with Crippen molar-refractivity contribution < 1.29 is 26.4 Å². The van der Waals surface area contributed by atoms with Crippen LogP contribution in [-0.2, 0) is 16.0 Å². The van der Waals surface area contributed by atoms with Gasteiger partial charge in [0, 0.05) is 18.5 Å². The van der Waals surface area contributed by atoms with Gasteiger partial charge in [0.25, 0.3) is 0 Å². The number of nitrogens with one attached hydrogen (secondary N) is 1. The first-order chi connectivity index (χ1) is 12.6. The standard InChI is InChI=1S/C16H17F3N4O3S/c1-27(25,26)11-6-7-13(20-8-11)23-15(21-10-4-2-3-5-10)12(9-24)14(22-23)16(17,18)19/h6-10,21H,2-5H2,1H3. The molecule has 0 spiro atoms. The number of nitrogens with zero attached hydrogens (tertiary/aromatic N) is 3. The fourth-order valence-electron chi connectivity index (χ4n) is 3.04. The molecule has 27 heavy (non-hydrogen) atoms. The van der Waals surface area contributed by atoms with E-state index in [-0.39, 0.29) is 28.9 Å². The molecule has 1 N–H and O–H groups in total. The molecule has 146 valence electrons. The largest absolute Gasteiger partial charge is 0.435 e. The van der Waals surface area contributed by atoms with Crippen LogP contribution in [0.25, 0.3) is 5.82 Å². The number of alkyl halides is 3. The van der Waals surface area contributed by atoms with Crippen LogP contribution in [0.4, 0.5) is 19.0 Å². The van der Waals surface area contributed by atoms with Gasteiger partial charge in [-0.25, -0.2) is 13.4 Å². The summed E-state index contributed by atoms with van der Waals surface area (Å²) in [6.07, 6.45) is 0.757. The van der Waals surface area contributed by atoms with Gasteiger partial charge in [0.15, 0.2) is 27.6 Å². The molecule has 11 heteroatoms. The van der Waals surface area contributed by atoms with E-state index in [0.717, 1.165) is 42.8 Å². The smallest absolute Gasteiger partial charge is 0.367 e. The molecule has 2 aromatic rings. The lowest BCUT2D eigenvalue weighted by Gasteiger charge is -2.15. The van der Waals surface area contributed by atoms with Crippen molar-refractivity contribution in [3.05, 3.63) is 29.6 Å². The van der Waals surface area contributed by atoms with Crippen LogP contribution in [0.5, 0.6) is 0 Å². The van der Waals surface area contributed by atoms with Crippen molar-refractivity contribution in [2.45, 2.75) is 42.8 Å². The van der Waals surface area contributed by atoms with E-state index in [1.165, 1.54) is 12.1 Å². The molecule has 0 aromatic carbocycles. The van der Waals surface area contributed by atoms with E-state index in [1.54, 1.807) is 0 Å². The normalized spacial score (nSPS) is 15.9. The first-order valence-electron chi connectivity index (χ1n) is 8.19. The third kappa shape index (κ3) is 3.97. The summed E-state index contributed by atoms with van der Waals surface area (Å²) < 4.78 is 63.9. The van der Waals surface area contributed by atoms with E-state index in [0.29, 0.717) is 0 Å². The van der Waals surface area contributed by atoms with Crippen molar-refractivity contribution in [2.75, 3.05) is 11.6 Å². The lowest BCUT2D eigenvalue weighted by molar-refractivity contribution is -0.141. The highest BCUT2D eigenvalue weighted by Crippen LogP contribution is 2.36. The number of carbonyl (C=O) groups is 1. The van der Waals surface area contributed by atoms with Gasteiger partial charge in [-0.15, -0.1) is 0 Å². The van der Waals surface area contributed by atoms with Crippen molar-refractivity contribution in [1.29, 1.82) is 0 Å². The van der Waals surface area contributed by atoms with E-state index in [1.807, 2.05) is 0 Å². The summed E-state index contributed by atoms with van der Waals surface area (Å²) in [7, 11) is -3.51. The van der Waals surface area contributed by atoms with Crippen LogP contribution < -0.4 is 5.32 Å². The van der Waals surface area contributed by atoms with Gasteiger partial charge in [-0.1, -0.05) is 12.8 Å². The Labute approximate surface area is 153 Å². The monoisotopic (exact) mass is 402 g/mol. The molecule has 1 fully saturated rings. The van der Waals surface area contributed by atoms with Crippen LogP contribution in [0.2, 0.25) is 0 Å². The minimum atomic E-state index is -4.82. The molecule has 0 bridgehead atoms. The molecule has 1 saturated carbocycles. The summed E-state index contributed by atoms with van der Waals surface area (Å²) in [5.74, 6) is -0.120. The highest BCUT2D eigenvalue weighted by molar-refractivity contribution is 7.90. The SMILES string of the molecule is CS(=O)(=O)c1ccc(-n2nc(C(F)(F)F)c(C=O)c2NC2CCCC2)nc1. The average Bonchev–Trinajstić information content (AvgIpc) is 3.21. The number of aldehydes is 1. The van der Waals surface area contributed by atoms with Crippen LogP contribution in [0.15, 0.2) is 23.2 Å². The molecule has 0 radical (unpaired) electrons. The number of pyridine rings is 1. The molecule has 1 aliphatic carbocycles. The summed E-state index contributed by atoms with van der Waals surface area (Å²) >= 11 is 0. The number of anilines is 1. The fourth-order valence-corrected chi connectivity index (χ4v) is 3.60. The zero-order chi connectivity index (χ0) is 19.8. The van der Waals surface area contributed by atoms with Gasteiger partial charge >= 0.3 is 6.18 Å². The van der Waals surface area contributed by atoms with Gasteiger partial charge in [-0.05, 0) is 25.0 Å². The first-order valence-corrected chi connectivity index (χ1v) is 10.1. The second-order valence-electron chi connectivity index (χ2n) is 6.39. The molecule has 2 heterocycles. The summed E-state index contributed by atoms with van der Waals surface area (Å²) in [4.78, 5) is 15.3. The Hall–Kier alpha value is -2.43. The Morgan fingerprint density at radius 3 is 2.41 bits per heavy atom. The molecule has 2 aromatic heterocycles. The minimum absolute atomic E-state index is 0.0264. The summed E-state index contributed by atoms with van der Waals surface area (Å²) in [5.41, 5.74) is -1.91. The molecule has 0 amide bonds. The number of aromatic nitrogens is 3.